The number of carbonyl (C=O) groups excluding carboxylic acids is 2. The molecule has 0 atom stereocenters. The minimum absolute atomic E-state index is 0.191. The average Bonchev–Trinajstić information content (AvgIpc) is 2.20. The Kier molecular flexibility index (Phi) is 3.64. The number of hydrogen-bond donors (Lipinski definition) is 0. The lowest BCUT2D eigenvalue weighted by molar-refractivity contribution is -0.202. The molecular formula is C14H22O4. The largest absolute Gasteiger partial charge is 0.466 e. The van der Waals surface area contributed by atoms with Crippen LogP contribution >= 0.6 is 0 Å². The van der Waals surface area contributed by atoms with Crippen LogP contribution in [0.4, 0.5) is 0 Å². The molecule has 0 amide bonds. The van der Waals surface area contributed by atoms with Crippen LogP contribution in [0.5, 0.6) is 0 Å². The lowest BCUT2D eigenvalue weighted by Crippen LogP contribution is -2.60. The van der Waals surface area contributed by atoms with E-state index in [1.807, 2.05) is 13.8 Å². The van der Waals surface area contributed by atoms with Gasteiger partial charge in [0, 0.05) is 0 Å². The van der Waals surface area contributed by atoms with Gasteiger partial charge in [0.05, 0.1) is 24.0 Å². The van der Waals surface area contributed by atoms with Crippen LogP contribution in [-0.2, 0) is 19.1 Å². The molecule has 2 fully saturated rings. The molecule has 0 aromatic heterocycles. The van der Waals surface area contributed by atoms with Gasteiger partial charge in [-0.05, 0) is 39.5 Å². The Morgan fingerprint density at radius 1 is 0.833 bits per heavy atom. The van der Waals surface area contributed by atoms with Crippen LogP contribution in [0.3, 0.4) is 0 Å². The summed E-state index contributed by atoms with van der Waals surface area (Å²) in [4.78, 5) is 24.5. The summed E-state index contributed by atoms with van der Waals surface area (Å²) in [5.41, 5.74) is -1.18. The molecule has 2 aliphatic carbocycles. The molecule has 2 aliphatic rings. The van der Waals surface area contributed by atoms with Gasteiger partial charge in [-0.25, -0.2) is 0 Å². The predicted molar refractivity (Wildman–Crippen MR) is 65.8 cm³/mol. The Morgan fingerprint density at radius 3 is 1.33 bits per heavy atom. The van der Waals surface area contributed by atoms with Gasteiger partial charge in [-0.1, -0.05) is 12.8 Å². The molecule has 4 nitrogen and oxygen atoms in total. The average molecular weight is 254 g/mol. The van der Waals surface area contributed by atoms with Crippen LogP contribution in [0.2, 0.25) is 0 Å². The maximum absolute atomic E-state index is 12.3. The molecule has 0 aromatic carbocycles. The summed E-state index contributed by atoms with van der Waals surface area (Å²) in [5.74, 6) is -0.381. The first kappa shape index (κ1) is 13.4. The van der Waals surface area contributed by atoms with Gasteiger partial charge < -0.3 is 9.47 Å². The summed E-state index contributed by atoms with van der Waals surface area (Å²) in [6, 6.07) is 0. The minimum Gasteiger partial charge on any atom is -0.466 e. The van der Waals surface area contributed by atoms with E-state index in [0.717, 1.165) is 38.5 Å². The monoisotopic (exact) mass is 254 g/mol. The Hall–Kier alpha value is -1.06. The highest BCUT2D eigenvalue weighted by molar-refractivity contribution is 5.90. The van der Waals surface area contributed by atoms with Gasteiger partial charge in [-0.3, -0.25) is 9.59 Å². The summed E-state index contributed by atoms with van der Waals surface area (Å²) in [6.45, 7) is 4.36. The van der Waals surface area contributed by atoms with Gasteiger partial charge in [0.25, 0.3) is 0 Å². The molecule has 0 aliphatic heterocycles. The van der Waals surface area contributed by atoms with Gasteiger partial charge in [0.2, 0.25) is 0 Å². The predicted octanol–water partition coefficient (Wildman–Crippen LogP) is 2.45. The van der Waals surface area contributed by atoms with E-state index in [4.69, 9.17) is 9.47 Å². The topological polar surface area (TPSA) is 52.6 Å². The van der Waals surface area contributed by atoms with Crippen LogP contribution in [0, 0.1) is 10.8 Å². The molecule has 102 valence electrons. The summed E-state index contributed by atoms with van der Waals surface area (Å²) < 4.78 is 10.4. The molecule has 4 heteroatoms. The third-order valence-corrected chi connectivity index (χ3v) is 4.66. The van der Waals surface area contributed by atoms with Crippen LogP contribution in [0.1, 0.15) is 52.4 Å². The van der Waals surface area contributed by atoms with Crippen molar-refractivity contribution in [3.63, 3.8) is 0 Å². The first-order chi connectivity index (χ1) is 8.63. The zero-order valence-corrected chi connectivity index (χ0v) is 11.3. The number of ether oxygens (including phenoxy) is 2. The van der Waals surface area contributed by atoms with E-state index in [0.29, 0.717) is 13.2 Å². The third kappa shape index (κ3) is 1.65. The molecule has 0 N–H and O–H groups in total. The van der Waals surface area contributed by atoms with Crippen molar-refractivity contribution in [2.24, 2.45) is 10.8 Å². The van der Waals surface area contributed by atoms with E-state index in [2.05, 4.69) is 0 Å². The van der Waals surface area contributed by atoms with Crippen molar-refractivity contribution in [1.29, 1.82) is 0 Å². The fourth-order valence-corrected chi connectivity index (χ4v) is 3.36. The van der Waals surface area contributed by atoms with Crippen LogP contribution in [0.25, 0.3) is 0 Å². The second kappa shape index (κ2) is 4.90. The minimum atomic E-state index is -0.590. The molecule has 0 radical (unpaired) electrons. The van der Waals surface area contributed by atoms with Crippen molar-refractivity contribution in [1.82, 2.24) is 0 Å². The number of esters is 2. The molecule has 2 rings (SSSR count). The molecular weight excluding hydrogens is 232 g/mol. The second-order valence-corrected chi connectivity index (χ2v) is 5.31. The SMILES string of the molecule is CCOC(=O)C1(C2(C(=O)OCC)CCC2)CCC1. The first-order valence-corrected chi connectivity index (χ1v) is 6.97. The van der Waals surface area contributed by atoms with Crippen molar-refractivity contribution in [2.75, 3.05) is 13.2 Å². The highest BCUT2D eigenvalue weighted by atomic mass is 16.5. The smallest absolute Gasteiger partial charge is 0.313 e. The first-order valence-electron chi connectivity index (χ1n) is 6.97. The number of hydrogen-bond acceptors (Lipinski definition) is 4. The number of rotatable bonds is 5. The Labute approximate surface area is 108 Å². The van der Waals surface area contributed by atoms with Crippen molar-refractivity contribution in [2.45, 2.75) is 52.4 Å². The van der Waals surface area contributed by atoms with Crippen molar-refractivity contribution < 1.29 is 19.1 Å². The second-order valence-electron chi connectivity index (χ2n) is 5.31. The van der Waals surface area contributed by atoms with Gasteiger partial charge in [-0.15, -0.1) is 0 Å². The Balaban J connectivity index is 2.24. The third-order valence-electron chi connectivity index (χ3n) is 4.66. The van der Waals surface area contributed by atoms with Crippen molar-refractivity contribution in [3.8, 4) is 0 Å². The maximum Gasteiger partial charge on any atom is 0.313 e. The quantitative estimate of drug-likeness (QED) is 0.707. The molecule has 2 saturated carbocycles. The standard InChI is InChI=1S/C14H22O4/c1-3-17-11(15)13(7-5-8-13)14(9-6-10-14)12(16)18-4-2/h3-10H2,1-2H3. The Morgan fingerprint density at radius 2 is 1.17 bits per heavy atom. The Bertz CT molecular complexity index is 306. The normalized spacial score (nSPS) is 23.4. The van der Waals surface area contributed by atoms with Crippen LogP contribution in [-0.4, -0.2) is 25.2 Å². The van der Waals surface area contributed by atoms with Crippen LogP contribution in [0.15, 0.2) is 0 Å². The molecule has 0 aromatic rings. The zero-order valence-electron chi connectivity index (χ0n) is 11.3. The van der Waals surface area contributed by atoms with E-state index in [9.17, 15) is 9.59 Å². The molecule has 0 unspecified atom stereocenters. The van der Waals surface area contributed by atoms with E-state index in [1.54, 1.807) is 0 Å². The zero-order chi connectivity index (χ0) is 13.2. The summed E-state index contributed by atoms with van der Waals surface area (Å²) >= 11 is 0. The molecule has 18 heavy (non-hydrogen) atoms. The summed E-state index contributed by atoms with van der Waals surface area (Å²) in [6.07, 6.45) is 5.07. The van der Waals surface area contributed by atoms with E-state index >= 15 is 0 Å². The number of carbonyl (C=O) groups is 2. The van der Waals surface area contributed by atoms with Gasteiger partial charge in [0.15, 0.2) is 0 Å². The molecule has 0 bridgehead atoms. The van der Waals surface area contributed by atoms with Crippen molar-refractivity contribution >= 4 is 11.9 Å². The molecule has 0 spiro atoms. The fraction of sp³-hybridized carbons (Fsp3) is 0.857. The lowest BCUT2D eigenvalue weighted by atomic mass is 9.45. The van der Waals surface area contributed by atoms with Gasteiger partial charge >= 0.3 is 11.9 Å². The van der Waals surface area contributed by atoms with Crippen LogP contribution < -0.4 is 0 Å². The summed E-state index contributed by atoms with van der Waals surface area (Å²) in [5, 5.41) is 0. The maximum atomic E-state index is 12.3. The summed E-state index contributed by atoms with van der Waals surface area (Å²) in [7, 11) is 0. The highest BCUT2D eigenvalue weighted by Crippen LogP contribution is 2.64. The van der Waals surface area contributed by atoms with Gasteiger partial charge in [0.1, 0.15) is 0 Å². The van der Waals surface area contributed by atoms with E-state index in [1.165, 1.54) is 0 Å². The van der Waals surface area contributed by atoms with Gasteiger partial charge in [-0.2, -0.15) is 0 Å². The van der Waals surface area contributed by atoms with E-state index < -0.39 is 10.8 Å². The lowest BCUT2D eigenvalue weighted by Gasteiger charge is -2.56. The van der Waals surface area contributed by atoms with E-state index in [-0.39, 0.29) is 11.9 Å². The highest BCUT2D eigenvalue weighted by Gasteiger charge is 2.67. The molecule has 0 heterocycles. The van der Waals surface area contributed by atoms with Crippen molar-refractivity contribution in [3.05, 3.63) is 0 Å². The molecule has 0 saturated heterocycles. The fourth-order valence-electron chi connectivity index (χ4n) is 3.36.